The number of rotatable bonds is 5. The molecule has 92 valence electrons. The van der Waals surface area contributed by atoms with E-state index in [1.165, 1.54) is 12.8 Å². The van der Waals surface area contributed by atoms with E-state index in [0.29, 0.717) is 12.4 Å². The number of hydrogen-bond acceptors (Lipinski definition) is 2. The molecule has 0 saturated heterocycles. The van der Waals surface area contributed by atoms with E-state index in [1.807, 2.05) is 24.3 Å². The van der Waals surface area contributed by atoms with E-state index in [1.54, 1.807) is 0 Å². The first kappa shape index (κ1) is 12.2. The van der Waals surface area contributed by atoms with Crippen LogP contribution in [0, 0.1) is 5.92 Å². The van der Waals surface area contributed by atoms with Crippen molar-refractivity contribution in [3.63, 3.8) is 0 Å². The number of Topliss-reactive ketones (excluding diaryl/α,β-unsaturated/α-hetero) is 1. The summed E-state index contributed by atoms with van der Waals surface area (Å²) < 4.78 is 5.56. The second kappa shape index (κ2) is 5.85. The Balaban J connectivity index is 2.06. The molecule has 1 aliphatic rings. The van der Waals surface area contributed by atoms with E-state index in [0.717, 1.165) is 30.6 Å². The molecule has 1 aliphatic carbocycles. The topological polar surface area (TPSA) is 26.3 Å². The molecule has 0 heterocycles. The lowest BCUT2D eigenvalue weighted by molar-refractivity contribution is 0.0922. The van der Waals surface area contributed by atoms with Gasteiger partial charge < -0.3 is 4.74 Å². The van der Waals surface area contributed by atoms with Crippen molar-refractivity contribution < 1.29 is 9.53 Å². The largest absolute Gasteiger partial charge is 0.494 e. The Labute approximate surface area is 103 Å². The summed E-state index contributed by atoms with van der Waals surface area (Å²) in [6, 6.07) is 7.62. The SMILES string of the molecule is CCCOc1cccc(C(=O)C2CCCC2)c1. The second-order valence-corrected chi connectivity index (χ2v) is 4.72. The number of ketones is 1. The Morgan fingerprint density at radius 2 is 2.12 bits per heavy atom. The molecule has 0 atom stereocenters. The molecule has 0 bridgehead atoms. The lowest BCUT2D eigenvalue weighted by Gasteiger charge is -2.10. The third-order valence-electron chi connectivity index (χ3n) is 3.32. The van der Waals surface area contributed by atoms with E-state index >= 15 is 0 Å². The van der Waals surface area contributed by atoms with Gasteiger partial charge in [0.15, 0.2) is 5.78 Å². The van der Waals surface area contributed by atoms with Gasteiger partial charge in [0.25, 0.3) is 0 Å². The second-order valence-electron chi connectivity index (χ2n) is 4.72. The highest BCUT2D eigenvalue weighted by atomic mass is 16.5. The first-order chi connectivity index (χ1) is 8.31. The zero-order chi connectivity index (χ0) is 12.1. The minimum atomic E-state index is 0.247. The highest BCUT2D eigenvalue weighted by molar-refractivity contribution is 5.98. The maximum Gasteiger partial charge on any atom is 0.166 e. The normalized spacial score (nSPS) is 16.1. The van der Waals surface area contributed by atoms with Crippen LogP contribution >= 0.6 is 0 Å². The fourth-order valence-corrected chi connectivity index (χ4v) is 2.38. The Hall–Kier alpha value is -1.31. The Morgan fingerprint density at radius 1 is 1.35 bits per heavy atom. The Kier molecular flexibility index (Phi) is 4.18. The van der Waals surface area contributed by atoms with Crippen molar-refractivity contribution in [3.05, 3.63) is 29.8 Å². The maximum atomic E-state index is 12.2. The molecule has 0 radical (unpaired) electrons. The predicted molar refractivity (Wildman–Crippen MR) is 68.5 cm³/mol. The van der Waals surface area contributed by atoms with Crippen LogP contribution in [0.15, 0.2) is 24.3 Å². The summed E-state index contributed by atoms with van der Waals surface area (Å²) in [6.45, 7) is 2.79. The summed E-state index contributed by atoms with van der Waals surface area (Å²) in [5, 5.41) is 0. The van der Waals surface area contributed by atoms with Crippen LogP contribution in [0.2, 0.25) is 0 Å². The summed E-state index contributed by atoms with van der Waals surface area (Å²) in [7, 11) is 0. The van der Waals surface area contributed by atoms with E-state index in [2.05, 4.69) is 6.92 Å². The molecule has 0 N–H and O–H groups in total. The third-order valence-corrected chi connectivity index (χ3v) is 3.32. The molecule has 2 nitrogen and oxygen atoms in total. The minimum absolute atomic E-state index is 0.247. The van der Waals surface area contributed by atoms with Gasteiger partial charge in [0, 0.05) is 11.5 Å². The molecule has 0 amide bonds. The fourth-order valence-electron chi connectivity index (χ4n) is 2.38. The van der Waals surface area contributed by atoms with Crippen molar-refractivity contribution in [2.24, 2.45) is 5.92 Å². The summed E-state index contributed by atoms with van der Waals surface area (Å²) in [5.41, 5.74) is 0.811. The van der Waals surface area contributed by atoms with Gasteiger partial charge in [-0.05, 0) is 31.4 Å². The monoisotopic (exact) mass is 232 g/mol. The lowest BCUT2D eigenvalue weighted by Crippen LogP contribution is -2.11. The van der Waals surface area contributed by atoms with Gasteiger partial charge in [-0.25, -0.2) is 0 Å². The van der Waals surface area contributed by atoms with E-state index in [9.17, 15) is 4.79 Å². The molecule has 2 heteroatoms. The zero-order valence-corrected chi connectivity index (χ0v) is 10.4. The molecular weight excluding hydrogens is 212 g/mol. The number of carbonyl (C=O) groups is 1. The molecule has 1 aromatic rings. The van der Waals surface area contributed by atoms with Crippen LogP contribution in [-0.2, 0) is 0 Å². The predicted octanol–water partition coefficient (Wildman–Crippen LogP) is 3.85. The molecule has 2 rings (SSSR count). The average Bonchev–Trinajstić information content (AvgIpc) is 2.89. The van der Waals surface area contributed by atoms with E-state index in [-0.39, 0.29) is 5.92 Å². The van der Waals surface area contributed by atoms with Gasteiger partial charge in [-0.3, -0.25) is 4.79 Å². The van der Waals surface area contributed by atoms with Crippen LogP contribution in [0.4, 0.5) is 0 Å². The van der Waals surface area contributed by atoms with E-state index in [4.69, 9.17) is 4.74 Å². The standard InChI is InChI=1S/C15H20O2/c1-2-10-17-14-9-5-8-13(11-14)15(16)12-6-3-4-7-12/h5,8-9,11-12H,2-4,6-7,10H2,1H3. The highest BCUT2D eigenvalue weighted by Crippen LogP contribution is 2.28. The molecule has 0 unspecified atom stereocenters. The molecule has 17 heavy (non-hydrogen) atoms. The van der Waals surface area contributed by atoms with Crippen LogP contribution in [0.5, 0.6) is 5.75 Å². The quantitative estimate of drug-likeness (QED) is 0.721. The number of benzene rings is 1. The lowest BCUT2D eigenvalue weighted by atomic mass is 9.96. The van der Waals surface area contributed by atoms with Crippen molar-refractivity contribution in [2.45, 2.75) is 39.0 Å². The van der Waals surface area contributed by atoms with Crippen LogP contribution in [0.25, 0.3) is 0 Å². The van der Waals surface area contributed by atoms with Gasteiger partial charge >= 0.3 is 0 Å². The molecular formula is C15H20O2. The molecule has 0 aromatic heterocycles. The minimum Gasteiger partial charge on any atom is -0.494 e. The van der Waals surface area contributed by atoms with Crippen LogP contribution < -0.4 is 4.74 Å². The molecule has 0 aliphatic heterocycles. The maximum absolute atomic E-state index is 12.2. The van der Waals surface area contributed by atoms with Crippen molar-refractivity contribution in [1.82, 2.24) is 0 Å². The number of hydrogen-bond donors (Lipinski definition) is 0. The highest BCUT2D eigenvalue weighted by Gasteiger charge is 2.23. The van der Waals surface area contributed by atoms with Crippen LogP contribution in [0.1, 0.15) is 49.4 Å². The molecule has 1 saturated carbocycles. The number of ether oxygens (including phenoxy) is 1. The van der Waals surface area contributed by atoms with Gasteiger partial charge in [-0.2, -0.15) is 0 Å². The van der Waals surface area contributed by atoms with Gasteiger partial charge in [0.05, 0.1) is 6.61 Å². The summed E-state index contributed by atoms with van der Waals surface area (Å²) in [6.07, 6.45) is 5.49. The fraction of sp³-hybridized carbons (Fsp3) is 0.533. The van der Waals surface area contributed by atoms with Crippen LogP contribution in [0.3, 0.4) is 0 Å². The molecule has 1 fully saturated rings. The zero-order valence-electron chi connectivity index (χ0n) is 10.4. The van der Waals surface area contributed by atoms with Crippen molar-refractivity contribution >= 4 is 5.78 Å². The van der Waals surface area contributed by atoms with Crippen LogP contribution in [-0.4, -0.2) is 12.4 Å². The van der Waals surface area contributed by atoms with Gasteiger partial charge in [-0.15, -0.1) is 0 Å². The summed E-state index contributed by atoms with van der Waals surface area (Å²) in [4.78, 5) is 12.2. The molecule has 1 aromatic carbocycles. The Bertz CT molecular complexity index is 378. The van der Waals surface area contributed by atoms with E-state index < -0.39 is 0 Å². The smallest absolute Gasteiger partial charge is 0.166 e. The number of carbonyl (C=O) groups excluding carboxylic acids is 1. The van der Waals surface area contributed by atoms with Gasteiger partial charge in [-0.1, -0.05) is 31.9 Å². The molecule has 0 spiro atoms. The van der Waals surface area contributed by atoms with Crippen molar-refractivity contribution in [1.29, 1.82) is 0 Å². The Morgan fingerprint density at radius 3 is 2.82 bits per heavy atom. The van der Waals surface area contributed by atoms with Crippen molar-refractivity contribution in [3.8, 4) is 5.75 Å². The van der Waals surface area contributed by atoms with Gasteiger partial charge in [0.1, 0.15) is 5.75 Å². The average molecular weight is 232 g/mol. The van der Waals surface area contributed by atoms with Gasteiger partial charge in [0.2, 0.25) is 0 Å². The third kappa shape index (κ3) is 3.09. The summed E-state index contributed by atoms with van der Waals surface area (Å²) >= 11 is 0. The van der Waals surface area contributed by atoms with Crippen molar-refractivity contribution in [2.75, 3.05) is 6.61 Å². The first-order valence-electron chi connectivity index (χ1n) is 6.58. The first-order valence-corrected chi connectivity index (χ1v) is 6.58. The summed E-state index contributed by atoms with van der Waals surface area (Å²) in [5.74, 6) is 1.36.